The lowest BCUT2D eigenvalue weighted by Gasteiger charge is -2.33. The number of aromatic nitrogens is 4. The summed E-state index contributed by atoms with van der Waals surface area (Å²) < 4.78 is 12.6. The molecule has 0 saturated carbocycles. The summed E-state index contributed by atoms with van der Waals surface area (Å²) in [5, 5.41) is 13.6. The van der Waals surface area contributed by atoms with Gasteiger partial charge in [0.25, 0.3) is 5.91 Å². The molecule has 0 N–H and O–H groups in total. The number of carbonyl (C=O) groups is 1. The van der Waals surface area contributed by atoms with Crippen LogP contribution in [0.15, 0.2) is 18.2 Å². The van der Waals surface area contributed by atoms with Gasteiger partial charge in [-0.3, -0.25) is 4.79 Å². The zero-order valence-corrected chi connectivity index (χ0v) is 19.4. The van der Waals surface area contributed by atoms with Gasteiger partial charge in [-0.05, 0) is 37.6 Å². The molecule has 4 rings (SSSR count). The van der Waals surface area contributed by atoms with Crippen LogP contribution in [0.3, 0.4) is 0 Å². The number of likely N-dealkylation sites (N-methyl/N-ethyl adjacent to an activating group) is 1. The lowest BCUT2D eigenvalue weighted by molar-refractivity contribution is 0.0634. The first kappa shape index (κ1) is 22.0. The van der Waals surface area contributed by atoms with E-state index in [2.05, 4.69) is 22.0 Å². The molecule has 0 spiro atoms. The van der Waals surface area contributed by atoms with Gasteiger partial charge in [0.05, 0.1) is 31.2 Å². The topological polar surface area (TPSA) is 85.1 Å². The van der Waals surface area contributed by atoms with Crippen LogP contribution in [0.4, 0.5) is 0 Å². The number of rotatable bonds is 6. The van der Waals surface area contributed by atoms with Crippen molar-refractivity contribution in [2.45, 2.75) is 27.2 Å². The summed E-state index contributed by atoms with van der Waals surface area (Å²) in [6.07, 6.45) is 0.717. The van der Waals surface area contributed by atoms with Gasteiger partial charge in [0, 0.05) is 26.2 Å². The number of methoxy groups -OCH3 is 2. The average Bonchev–Trinajstić information content (AvgIpc) is 3.23. The second kappa shape index (κ2) is 9.12. The Morgan fingerprint density at radius 1 is 1.03 bits per heavy atom. The van der Waals surface area contributed by atoms with Crippen LogP contribution < -0.4 is 9.47 Å². The van der Waals surface area contributed by atoms with Crippen molar-refractivity contribution in [2.24, 2.45) is 0 Å². The number of piperazine rings is 1. The summed E-state index contributed by atoms with van der Waals surface area (Å²) in [6.45, 7) is 10.2. The van der Waals surface area contributed by atoms with Gasteiger partial charge >= 0.3 is 0 Å². The maximum Gasteiger partial charge on any atom is 0.276 e. The van der Waals surface area contributed by atoms with Gasteiger partial charge in [-0.15, -0.1) is 10.2 Å². The minimum atomic E-state index is -0.0890. The molecule has 0 bridgehead atoms. The lowest BCUT2D eigenvalue weighted by Crippen LogP contribution is -2.48. The SMILES string of the molecule is CCc1nn2c(C)c(C(=O)N3CCN(CC)CC3)nnc2c1-c1ccc(OC)c(OC)c1. The number of amides is 1. The van der Waals surface area contributed by atoms with Crippen LogP contribution in [-0.4, -0.2) is 82.5 Å². The van der Waals surface area contributed by atoms with Gasteiger partial charge in [-0.25, -0.2) is 4.52 Å². The van der Waals surface area contributed by atoms with Crippen LogP contribution >= 0.6 is 0 Å². The number of ether oxygens (including phenoxy) is 2. The van der Waals surface area contributed by atoms with Crippen LogP contribution in [-0.2, 0) is 6.42 Å². The van der Waals surface area contributed by atoms with Crippen molar-refractivity contribution in [1.29, 1.82) is 0 Å². The predicted octanol–water partition coefficient (Wildman–Crippen LogP) is 2.46. The van der Waals surface area contributed by atoms with E-state index in [0.717, 1.165) is 36.5 Å². The molecule has 1 fully saturated rings. The molecule has 9 nitrogen and oxygen atoms in total. The Bertz CT molecular complexity index is 1130. The molecule has 0 unspecified atom stereocenters. The van der Waals surface area contributed by atoms with Crippen molar-refractivity contribution in [3.05, 3.63) is 35.3 Å². The molecular weight excluding hydrogens is 408 g/mol. The summed E-state index contributed by atoms with van der Waals surface area (Å²) in [4.78, 5) is 17.4. The molecule has 2 aromatic heterocycles. The van der Waals surface area contributed by atoms with E-state index >= 15 is 0 Å². The van der Waals surface area contributed by atoms with E-state index in [9.17, 15) is 4.79 Å². The summed E-state index contributed by atoms with van der Waals surface area (Å²) in [7, 11) is 3.22. The van der Waals surface area contributed by atoms with E-state index < -0.39 is 0 Å². The Kier molecular flexibility index (Phi) is 6.27. The van der Waals surface area contributed by atoms with E-state index in [0.29, 0.717) is 48.0 Å². The molecule has 1 amide bonds. The number of nitrogens with zero attached hydrogens (tertiary/aromatic N) is 6. The third-order valence-electron chi connectivity index (χ3n) is 6.16. The van der Waals surface area contributed by atoms with Crippen molar-refractivity contribution >= 4 is 11.6 Å². The molecule has 0 radical (unpaired) electrons. The van der Waals surface area contributed by atoms with Crippen LogP contribution in [0.1, 0.15) is 35.7 Å². The van der Waals surface area contributed by atoms with Crippen LogP contribution in [0.25, 0.3) is 16.8 Å². The molecule has 1 saturated heterocycles. The standard InChI is InChI=1S/C23H30N6O3/c1-6-17-20(16-8-9-18(31-4)19(14-16)32-5)22-25-24-21(15(3)29(22)26-17)23(30)28-12-10-27(7-2)11-13-28/h8-9,14H,6-7,10-13H2,1-5H3. The first-order valence-corrected chi connectivity index (χ1v) is 11.0. The van der Waals surface area contributed by atoms with E-state index in [1.165, 1.54) is 0 Å². The molecule has 3 heterocycles. The summed E-state index contributed by atoms with van der Waals surface area (Å²) in [6, 6.07) is 5.74. The van der Waals surface area contributed by atoms with Gasteiger partial charge in [-0.1, -0.05) is 19.9 Å². The number of carbonyl (C=O) groups excluding carboxylic acids is 1. The lowest BCUT2D eigenvalue weighted by atomic mass is 10.0. The highest BCUT2D eigenvalue weighted by atomic mass is 16.5. The van der Waals surface area contributed by atoms with Gasteiger partial charge in [0.1, 0.15) is 0 Å². The first-order chi connectivity index (χ1) is 15.5. The fourth-order valence-electron chi connectivity index (χ4n) is 4.20. The number of hydrogen-bond acceptors (Lipinski definition) is 7. The van der Waals surface area contributed by atoms with Crippen LogP contribution in [0.5, 0.6) is 11.5 Å². The fourth-order valence-corrected chi connectivity index (χ4v) is 4.20. The maximum absolute atomic E-state index is 13.2. The van der Waals surface area contributed by atoms with E-state index in [4.69, 9.17) is 14.6 Å². The van der Waals surface area contributed by atoms with Crippen molar-refractivity contribution in [2.75, 3.05) is 46.9 Å². The van der Waals surface area contributed by atoms with Crippen molar-refractivity contribution in [3.63, 3.8) is 0 Å². The maximum atomic E-state index is 13.2. The number of benzene rings is 1. The summed E-state index contributed by atoms with van der Waals surface area (Å²) in [5.74, 6) is 1.20. The molecule has 0 atom stereocenters. The summed E-state index contributed by atoms with van der Waals surface area (Å²) >= 11 is 0. The molecule has 32 heavy (non-hydrogen) atoms. The third-order valence-corrected chi connectivity index (χ3v) is 6.16. The zero-order chi connectivity index (χ0) is 22.8. The second-order valence-electron chi connectivity index (χ2n) is 7.84. The highest BCUT2D eigenvalue weighted by Gasteiger charge is 2.27. The zero-order valence-electron chi connectivity index (χ0n) is 19.4. The highest BCUT2D eigenvalue weighted by Crippen LogP contribution is 2.35. The average molecular weight is 439 g/mol. The Morgan fingerprint density at radius 3 is 2.38 bits per heavy atom. The quantitative estimate of drug-likeness (QED) is 0.584. The molecule has 1 aliphatic rings. The Balaban J connectivity index is 1.75. The molecule has 9 heteroatoms. The van der Waals surface area contributed by atoms with E-state index in [-0.39, 0.29) is 5.91 Å². The van der Waals surface area contributed by atoms with Crippen LogP contribution in [0, 0.1) is 6.92 Å². The Hall–Kier alpha value is -3.20. The number of fused-ring (bicyclic) bond motifs is 1. The summed E-state index contributed by atoms with van der Waals surface area (Å²) in [5.41, 5.74) is 4.36. The minimum absolute atomic E-state index is 0.0890. The van der Waals surface area contributed by atoms with Gasteiger partial charge in [-0.2, -0.15) is 5.10 Å². The van der Waals surface area contributed by atoms with Gasteiger partial charge in [0.2, 0.25) is 0 Å². The Labute approximate surface area is 187 Å². The fraction of sp³-hybridized carbons (Fsp3) is 0.478. The monoisotopic (exact) mass is 438 g/mol. The molecule has 0 aliphatic carbocycles. The number of aryl methyl sites for hydroxylation is 2. The highest BCUT2D eigenvalue weighted by molar-refractivity contribution is 5.94. The predicted molar refractivity (Wildman–Crippen MR) is 121 cm³/mol. The molecule has 1 aromatic carbocycles. The third kappa shape index (κ3) is 3.77. The van der Waals surface area contributed by atoms with Crippen molar-refractivity contribution in [1.82, 2.24) is 29.6 Å². The molecule has 170 valence electrons. The molecule has 1 aliphatic heterocycles. The largest absolute Gasteiger partial charge is 0.493 e. The Morgan fingerprint density at radius 2 is 1.75 bits per heavy atom. The van der Waals surface area contributed by atoms with Gasteiger partial charge < -0.3 is 19.3 Å². The normalized spacial score (nSPS) is 14.7. The van der Waals surface area contributed by atoms with Crippen molar-refractivity contribution < 1.29 is 14.3 Å². The smallest absolute Gasteiger partial charge is 0.276 e. The molecule has 3 aromatic rings. The van der Waals surface area contributed by atoms with E-state index in [1.54, 1.807) is 18.7 Å². The number of hydrogen-bond donors (Lipinski definition) is 0. The van der Waals surface area contributed by atoms with Gasteiger partial charge in [0.15, 0.2) is 22.8 Å². The van der Waals surface area contributed by atoms with Crippen LogP contribution in [0.2, 0.25) is 0 Å². The minimum Gasteiger partial charge on any atom is -0.493 e. The van der Waals surface area contributed by atoms with Crippen molar-refractivity contribution in [3.8, 4) is 22.6 Å². The molecular formula is C23H30N6O3. The second-order valence-corrected chi connectivity index (χ2v) is 7.84. The first-order valence-electron chi connectivity index (χ1n) is 11.0. The van der Waals surface area contributed by atoms with E-state index in [1.807, 2.05) is 36.9 Å².